The molecule has 1 aliphatic heterocycles. The molecular formula is C17H13F3N4OS. The number of halogens is 3. The fourth-order valence-corrected chi connectivity index (χ4v) is 3.00. The van der Waals surface area contributed by atoms with Crippen LogP contribution >= 0.6 is 11.8 Å². The van der Waals surface area contributed by atoms with E-state index >= 15 is 0 Å². The minimum atomic E-state index is -1.09. The Morgan fingerprint density at radius 2 is 2.00 bits per heavy atom. The Morgan fingerprint density at radius 3 is 2.73 bits per heavy atom. The van der Waals surface area contributed by atoms with Crippen LogP contribution in [0, 0.1) is 17.5 Å². The summed E-state index contributed by atoms with van der Waals surface area (Å²) in [5.74, 6) is -3.38. The molecule has 3 N–H and O–H groups in total. The molecule has 5 nitrogen and oxygen atoms in total. The first-order valence-corrected chi connectivity index (χ1v) is 8.31. The summed E-state index contributed by atoms with van der Waals surface area (Å²) in [4.78, 5) is 19.8. The molecule has 0 radical (unpaired) electrons. The number of thioether (sulfide) groups is 1. The summed E-state index contributed by atoms with van der Waals surface area (Å²) < 4.78 is 40.8. The SMILES string of the molecule is CC1=CSC(N)=N[C@@H]1c1cc(NC(=O)c2ncc(F)cc2F)ccc1F. The van der Waals surface area contributed by atoms with Gasteiger partial charge in [0.2, 0.25) is 0 Å². The second kappa shape index (κ2) is 7.20. The Labute approximate surface area is 151 Å². The van der Waals surface area contributed by atoms with Gasteiger partial charge in [-0.1, -0.05) is 11.8 Å². The van der Waals surface area contributed by atoms with Crippen molar-refractivity contribution >= 4 is 28.5 Å². The van der Waals surface area contributed by atoms with E-state index in [0.717, 1.165) is 11.8 Å². The Morgan fingerprint density at radius 1 is 1.23 bits per heavy atom. The number of amides is 1. The summed E-state index contributed by atoms with van der Waals surface area (Å²) in [7, 11) is 0. The van der Waals surface area contributed by atoms with Crippen molar-refractivity contribution < 1.29 is 18.0 Å². The first-order valence-electron chi connectivity index (χ1n) is 7.43. The highest BCUT2D eigenvalue weighted by Crippen LogP contribution is 2.34. The molecule has 1 aliphatic rings. The third-order valence-electron chi connectivity index (χ3n) is 3.62. The topological polar surface area (TPSA) is 80.4 Å². The van der Waals surface area contributed by atoms with Gasteiger partial charge in [0.05, 0.1) is 6.20 Å². The molecule has 0 saturated carbocycles. The Kier molecular flexibility index (Phi) is 4.99. The van der Waals surface area contributed by atoms with Crippen LogP contribution in [0.3, 0.4) is 0 Å². The maximum Gasteiger partial charge on any atom is 0.277 e. The predicted octanol–water partition coefficient (Wildman–Crippen LogP) is 3.76. The molecule has 134 valence electrons. The van der Waals surface area contributed by atoms with E-state index in [2.05, 4.69) is 15.3 Å². The molecule has 1 amide bonds. The van der Waals surface area contributed by atoms with Crippen molar-refractivity contribution in [3.05, 3.63) is 70.2 Å². The van der Waals surface area contributed by atoms with Gasteiger partial charge in [-0.25, -0.2) is 23.1 Å². The third-order valence-corrected chi connectivity index (χ3v) is 4.46. The number of hydrogen-bond acceptors (Lipinski definition) is 5. The van der Waals surface area contributed by atoms with Gasteiger partial charge in [-0.2, -0.15) is 0 Å². The van der Waals surface area contributed by atoms with Crippen LogP contribution in [-0.2, 0) is 0 Å². The van der Waals surface area contributed by atoms with Crippen LogP contribution < -0.4 is 11.1 Å². The van der Waals surface area contributed by atoms with E-state index in [4.69, 9.17) is 5.73 Å². The quantitative estimate of drug-likeness (QED) is 0.852. The summed E-state index contributed by atoms with van der Waals surface area (Å²) in [6.45, 7) is 1.79. The number of nitrogens with zero attached hydrogens (tertiary/aromatic N) is 2. The number of anilines is 1. The molecule has 0 aliphatic carbocycles. The minimum absolute atomic E-state index is 0.215. The lowest BCUT2D eigenvalue weighted by Gasteiger charge is -2.19. The zero-order valence-corrected chi connectivity index (χ0v) is 14.3. The Balaban J connectivity index is 1.89. The summed E-state index contributed by atoms with van der Waals surface area (Å²) in [6.07, 6.45) is 0.736. The molecule has 2 heterocycles. The molecule has 9 heteroatoms. The lowest BCUT2D eigenvalue weighted by atomic mass is 10.00. The van der Waals surface area contributed by atoms with E-state index in [9.17, 15) is 18.0 Å². The monoisotopic (exact) mass is 378 g/mol. The zero-order valence-electron chi connectivity index (χ0n) is 13.5. The number of aliphatic imine (C=N–C) groups is 1. The number of rotatable bonds is 3. The number of nitrogens with one attached hydrogen (secondary N) is 1. The Hall–Kier alpha value is -2.81. The smallest absolute Gasteiger partial charge is 0.277 e. The molecule has 0 spiro atoms. The molecule has 26 heavy (non-hydrogen) atoms. The molecule has 2 aromatic rings. The van der Waals surface area contributed by atoms with Crippen LogP contribution in [-0.4, -0.2) is 16.1 Å². The number of amidine groups is 1. The maximum absolute atomic E-state index is 14.3. The van der Waals surface area contributed by atoms with E-state index in [1.165, 1.54) is 30.0 Å². The highest BCUT2D eigenvalue weighted by atomic mass is 32.2. The maximum atomic E-state index is 14.3. The van der Waals surface area contributed by atoms with Crippen molar-refractivity contribution in [3.63, 3.8) is 0 Å². The van der Waals surface area contributed by atoms with Crippen LogP contribution in [0.5, 0.6) is 0 Å². The highest BCUT2D eigenvalue weighted by molar-refractivity contribution is 8.16. The van der Waals surface area contributed by atoms with E-state index in [0.29, 0.717) is 11.2 Å². The summed E-state index contributed by atoms with van der Waals surface area (Å²) in [6, 6.07) is 3.82. The molecule has 0 bridgehead atoms. The van der Waals surface area contributed by atoms with Crippen LogP contribution in [0.2, 0.25) is 0 Å². The van der Waals surface area contributed by atoms with Gasteiger partial charge in [-0.15, -0.1) is 0 Å². The van der Waals surface area contributed by atoms with Gasteiger partial charge < -0.3 is 11.1 Å². The second-order valence-electron chi connectivity index (χ2n) is 5.52. The van der Waals surface area contributed by atoms with Gasteiger partial charge >= 0.3 is 0 Å². The van der Waals surface area contributed by atoms with Crippen molar-refractivity contribution in [2.75, 3.05) is 5.32 Å². The molecule has 1 atom stereocenters. The standard InChI is InChI=1S/C17H13F3N4OS/c1-8-7-26-17(21)24-14(8)11-5-10(2-3-12(11)19)23-16(25)15-13(20)4-9(18)6-22-15/h2-7,14H,1H3,(H2,21,24)(H,23,25)/t14-/m0/s1. The largest absolute Gasteiger partial charge is 0.378 e. The summed E-state index contributed by atoms with van der Waals surface area (Å²) in [5.41, 5.74) is 6.35. The molecule has 0 saturated heterocycles. The van der Waals surface area contributed by atoms with Crippen LogP contribution in [0.4, 0.5) is 18.9 Å². The van der Waals surface area contributed by atoms with Crippen LogP contribution in [0.1, 0.15) is 29.0 Å². The van der Waals surface area contributed by atoms with Crippen molar-refractivity contribution in [1.29, 1.82) is 0 Å². The fourth-order valence-electron chi connectivity index (χ4n) is 2.40. The number of carbonyl (C=O) groups excluding carboxylic acids is 1. The summed E-state index contributed by atoms with van der Waals surface area (Å²) in [5, 5.41) is 4.49. The average Bonchev–Trinajstić information content (AvgIpc) is 2.58. The first kappa shape index (κ1) is 18.0. The van der Waals surface area contributed by atoms with Crippen molar-refractivity contribution in [2.24, 2.45) is 10.7 Å². The molecule has 3 rings (SSSR count). The molecule has 1 aromatic carbocycles. The van der Waals surface area contributed by atoms with Crippen molar-refractivity contribution in [1.82, 2.24) is 4.98 Å². The number of hydrogen-bond donors (Lipinski definition) is 2. The van der Waals surface area contributed by atoms with E-state index in [1.807, 2.05) is 0 Å². The van der Waals surface area contributed by atoms with E-state index < -0.39 is 35.1 Å². The van der Waals surface area contributed by atoms with Crippen molar-refractivity contribution in [3.8, 4) is 0 Å². The summed E-state index contributed by atoms with van der Waals surface area (Å²) >= 11 is 1.24. The second-order valence-corrected chi connectivity index (χ2v) is 6.41. The highest BCUT2D eigenvalue weighted by Gasteiger charge is 2.22. The van der Waals surface area contributed by atoms with Gasteiger partial charge in [-0.3, -0.25) is 4.79 Å². The van der Waals surface area contributed by atoms with Gasteiger partial charge in [0.15, 0.2) is 16.7 Å². The van der Waals surface area contributed by atoms with Crippen LogP contribution in [0.15, 0.2) is 46.4 Å². The predicted molar refractivity (Wildman–Crippen MR) is 94.2 cm³/mol. The normalized spacial score (nSPS) is 16.7. The molecule has 0 unspecified atom stereocenters. The number of nitrogens with two attached hydrogens (primary N) is 1. The first-order chi connectivity index (χ1) is 12.3. The lowest BCUT2D eigenvalue weighted by Crippen LogP contribution is -2.17. The van der Waals surface area contributed by atoms with E-state index in [-0.39, 0.29) is 11.3 Å². The molecular weight excluding hydrogens is 365 g/mol. The number of aromatic nitrogens is 1. The average molecular weight is 378 g/mol. The van der Waals surface area contributed by atoms with E-state index in [1.54, 1.807) is 12.3 Å². The zero-order chi connectivity index (χ0) is 18.8. The number of benzene rings is 1. The fraction of sp³-hybridized carbons (Fsp3) is 0.118. The number of carbonyl (C=O) groups is 1. The van der Waals surface area contributed by atoms with Crippen molar-refractivity contribution in [2.45, 2.75) is 13.0 Å². The lowest BCUT2D eigenvalue weighted by molar-refractivity contribution is 0.101. The third kappa shape index (κ3) is 3.72. The minimum Gasteiger partial charge on any atom is -0.378 e. The van der Waals surface area contributed by atoms with Gasteiger partial charge in [0.25, 0.3) is 5.91 Å². The molecule has 1 aromatic heterocycles. The van der Waals surface area contributed by atoms with Crippen LogP contribution in [0.25, 0.3) is 0 Å². The molecule has 0 fully saturated rings. The van der Waals surface area contributed by atoms with Gasteiger partial charge in [-0.05, 0) is 36.1 Å². The van der Waals surface area contributed by atoms with Gasteiger partial charge in [0.1, 0.15) is 17.7 Å². The number of pyridine rings is 1. The van der Waals surface area contributed by atoms with Gasteiger partial charge in [0, 0.05) is 17.3 Å². The Bertz CT molecular complexity index is 946.